The van der Waals surface area contributed by atoms with Crippen molar-refractivity contribution in [1.82, 2.24) is 82.2 Å². The number of aliphatic hydroxyl groups excluding tert-OH is 6. The molecule has 15 heterocycles. The lowest BCUT2D eigenvalue weighted by Crippen LogP contribution is -2.40. The van der Waals surface area contributed by atoms with E-state index in [0.717, 1.165) is 44.3 Å². The van der Waals surface area contributed by atoms with Gasteiger partial charge in [0, 0.05) is 118 Å². The van der Waals surface area contributed by atoms with Gasteiger partial charge in [-0.1, -0.05) is 0 Å². The summed E-state index contributed by atoms with van der Waals surface area (Å²) >= 11 is 1.26. The highest BCUT2D eigenvalue weighted by molar-refractivity contribution is 8.55. The van der Waals surface area contributed by atoms with E-state index >= 15 is 0 Å². The summed E-state index contributed by atoms with van der Waals surface area (Å²) in [7, 11) is 3.79. The summed E-state index contributed by atoms with van der Waals surface area (Å²) in [5, 5.41) is 63.0. The molecule has 7 unspecified atom stereocenters. The van der Waals surface area contributed by atoms with E-state index in [9.17, 15) is 87.5 Å². The van der Waals surface area contributed by atoms with Crippen molar-refractivity contribution in [3.63, 3.8) is 0 Å². The number of methoxy groups -OCH3 is 3. The number of nitrogen functional groups attached to an aromatic ring is 3. The van der Waals surface area contributed by atoms with Crippen molar-refractivity contribution in [1.29, 1.82) is 0 Å². The smallest absolute Gasteiger partial charge is 0.432 e. The molecular weight excluding hydrogens is 1970 g/mol. The molecule has 9 aromatic heterocycles. The van der Waals surface area contributed by atoms with Crippen LogP contribution in [0.5, 0.6) is 0 Å². The largest absolute Gasteiger partial charge is 0.509 e. The van der Waals surface area contributed by atoms with Crippen LogP contribution in [0.25, 0.3) is 33.5 Å². The number of hydrogen-bond acceptors (Lipinski definition) is 53. The van der Waals surface area contributed by atoms with Crippen LogP contribution in [0.1, 0.15) is 98.2 Å². The third kappa shape index (κ3) is 24.9. The molecule has 15 rings (SSSR count). The van der Waals surface area contributed by atoms with Crippen LogP contribution >= 0.6 is 54.5 Å². The molecular formula is C73H97N20O39P3S3. The quantitative estimate of drug-likeness (QED) is 0.0114. The maximum absolute atomic E-state index is 14.3. The predicted molar refractivity (Wildman–Crippen MR) is 471 cm³/mol. The van der Waals surface area contributed by atoms with Crippen LogP contribution in [-0.2, 0) is 112 Å². The number of fused-ring (bicyclic) bond motifs is 3. The zero-order valence-corrected chi connectivity index (χ0v) is 79.1. The Labute approximate surface area is 787 Å². The van der Waals surface area contributed by atoms with Gasteiger partial charge in [0.2, 0.25) is 0 Å². The normalized spacial score (nSPS) is 27.7. The van der Waals surface area contributed by atoms with Gasteiger partial charge >= 0.3 is 55.9 Å². The summed E-state index contributed by atoms with van der Waals surface area (Å²) in [6.07, 6.45) is -19.4. The van der Waals surface area contributed by atoms with Gasteiger partial charge in [0.1, 0.15) is 121 Å². The molecule has 0 saturated carbocycles. The molecule has 59 nitrogen and oxygen atoms in total. The molecule has 15 N–H and O–H groups in total. The molecule has 6 saturated heterocycles. The first-order valence-electron chi connectivity index (χ1n) is 41.4. The number of nitrogens with zero attached hydrogens (tertiary/aromatic N) is 14. The fraction of sp³-hybridized carbons (Fsp3) is 0.575. The Kier molecular flexibility index (Phi) is 35.1. The number of carbonyl (C=O) groups is 3. The first-order chi connectivity index (χ1) is 65.8. The molecule has 0 amide bonds. The molecule has 9 aromatic rings. The van der Waals surface area contributed by atoms with Gasteiger partial charge in [-0.2, -0.15) is 0 Å². The van der Waals surface area contributed by atoms with Crippen molar-refractivity contribution in [3.05, 3.63) is 143 Å². The maximum atomic E-state index is 14.3. The lowest BCUT2D eigenvalue weighted by Gasteiger charge is -2.29. The van der Waals surface area contributed by atoms with Gasteiger partial charge in [0.05, 0.1) is 62.8 Å². The predicted octanol–water partition coefficient (Wildman–Crippen LogP) is 1.30. The van der Waals surface area contributed by atoms with Crippen molar-refractivity contribution in [2.75, 3.05) is 76.2 Å². The maximum Gasteiger partial charge on any atom is 0.509 e. The number of ether oxygens (including phenoxy) is 15. The number of anilines is 3. The van der Waals surface area contributed by atoms with Gasteiger partial charge in [-0.15, -0.1) is 0 Å². The fourth-order valence-electron chi connectivity index (χ4n) is 14.4. The van der Waals surface area contributed by atoms with Crippen molar-refractivity contribution >= 4 is 124 Å². The molecule has 24 atom stereocenters. The Bertz CT molecular complexity index is 5690. The summed E-state index contributed by atoms with van der Waals surface area (Å²) in [6, 6.07) is 4.82. The highest BCUT2D eigenvalue weighted by atomic mass is 32.7. The molecule has 0 bridgehead atoms. The third-order valence-corrected chi connectivity index (χ3v) is 30.4. The van der Waals surface area contributed by atoms with E-state index in [0.29, 0.717) is 73.3 Å². The average Bonchev–Trinajstić information content (AvgIpc) is 1.63. The number of pyridine rings is 1. The summed E-state index contributed by atoms with van der Waals surface area (Å²) in [5.74, 6) is -1.49. The van der Waals surface area contributed by atoms with E-state index in [-0.39, 0.29) is 30.9 Å². The number of aromatic amines is 3. The van der Waals surface area contributed by atoms with E-state index in [4.69, 9.17) is 115 Å². The number of nitrogens with one attached hydrogen (secondary N) is 3. The van der Waals surface area contributed by atoms with Gasteiger partial charge in [0.15, 0.2) is 83.9 Å². The number of imidazole rings is 3. The first-order valence-corrected chi connectivity index (χ1v) is 50.8. The Hall–Kier alpha value is -10.1. The number of H-pyrrole nitrogens is 3. The van der Waals surface area contributed by atoms with E-state index in [2.05, 4.69) is 54.8 Å². The number of aromatic nitrogens is 17. The molecule has 756 valence electrons. The van der Waals surface area contributed by atoms with Crippen LogP contribution < -0.4 is 50.9 Å². The highest BCUT2D eigenvalue weighted by Crippen LogP contribution is 2.67. The molecule has 6 fully saturated rings. The van der Waals surface area contributed by atoms with Crippen molar-refractivity contribution < 1.29 is 157 Å². The summed E-state index contributed by atoms with van der Waals surface area (Å²) in [6.45, 7) is -5.97. The van der Waals surface area contributed by atoms with Crippen LogP contribution in [0.2, 0.25) is 0 Å². The van der Waals surface area contributed by atoms with Gasteiger partial charge in [0.25, 0.3) is 16.7 Å². The zero-order valence-electron chi connectivity index (χ0n) is 73.9. The SMILES string of the molecule is CO[C@H]1C(OP(=O)(O[C@H]2O[C@@H](n3cnc4c(N)ncnc43)CC2O)SCOC(=O)OC(C)C)[C@@H](CO)O[C@H]1n1ccc(=O)[nH]c1=O.CO[C@H]1C(O[P@@](=O)(O[C@H]2O[C@@H](n3cnc4c(N)ccnc43)CC2O)SCOC(=O)OC(C)C)[C@@H](CO)O[C@H]1n1ccc(=O)[nH]c1=O.CO[C@H]1C(O[P@](=O)(O[C@H]2O[C@@H](n3cnc4c(N)ncnc43)CC2O)SCOC(=O)OC(C)C)[C@@H](CO)O[C@H]1n1ccc(=O)[nH]c1=O. The monoisotopic (exact) mass is 2070 g/mol. The van der Waals surface area contributed by atoms with Crippen LogP contribution in [0.15, 0.2) is 109 Å². The Morgan fingerprint density at radius 1 is 0.420 bits per heavy atom. The Balaban J connectivity index is 0.000000175. The molecule has 0 radical (unpaired) electrons. The van der Waals surface area contributed by atoms with E-state index in [1.54, 1.807) is 47.6 Å². The minimum atomic E-state index is -4.53. The Morgan fingerprint density at radius 2 is 0.717 bits per heavy atom. The van der Waals surface area contributed by atoms with Crippen LogP contribution in [-0.4, -0.2) is 301 Å². The highest BCUT2D eigenvalue weighted by Gasteiger charge is 2.57. The van der Waals surface area contributed by atoms with Gasteiger partial charge in [-0.05, 0) is 47.6 Å². The fourth-order valence-corrected chi connectivity index (χ4v) is 23.2. The topological polar surface area (TPSA) is 778 Å². The van der Waals surface area contributed by atoms with Gasteiger partial charge < -0.3 is 119 Å². The molecule has 6 aliphatic heterocycles. The van der Waals surface area contributed by atoms with Crippen molar-refractivity contribution in [2.24, 2.45) is 0 Å². The van der Waals surface area contributed by atoms with Crippen molar-refractivity contribution in [2.45, 2.75) is 209 Å². The number of carbonyl (C=O) groups excluding carboxylic acids is 3. The molecule has 138 heavy (non-hydrogen) atoms. The lowest BCUT2D eigenvalue weighted by molar-refractivity contribution is -0.131. The first kappa shape index (κ1) is 105. The number of rotatable bonds is 36. The molecule has 6 aliphatic rings. The van der Waals surface area contributed by atoms with Crippen molar-refractivity contribution in [3.8, 4) is 0 Å². The molecule has 0 spiro atoms. The standard InChI is InChI=1S/C25H33N6O13PS.2C24H32N7O13PS/c1-12(2)40-25(36)39-11-46-45(37,43-19-15(9-32)41-22(20(19)38-3)30-7-5-16(34)29-24(30)35)44-23-14(33)8-17(42-23)31-10-28-18-13(26)4-6-27-21(18)31;2*1-11(2)40-24(36)39-10-46-45(37,43-17-13(7-32)41-21(18(17)38-3)30-5-4-14(34)29-23(30)35)44-22-12(33)6-15(42-22)31-9-28-16-19(25)26-8-27-20(16)31/h4-7,10,12,14-15,17,19-20,22-23,32-33H,8-9,11H2,1-3H3,(H2,26,27)(H,29,34,35);2*4-5,8-9,11-13,15,17-18,21-22,32-33H,6-7,10H2,1-3H3,(H2,25,26,27)(H,29,34,35)/t14?,15-,17-,19?,20+,22-,23-,45+;12?,13-,15-,17?,18+,21-,22-,45?;12?,13-,15-,17?,18+,21-,22-,45-/m111/s1. The van der Waals surface area contributed by atoms with E-state index < -0.39 is 258 Å². The van der Waals surface area contributed by atoms with E-state index in [1.807, 2.05) is 0 Å². The minimum absolute atomic E-state index is 0.0296. The summed E-state index contributed by atoms with van der Waals surface area (Å²) in [4.78, 5) is 148. The summed E-state index contributed by atoms with van der Waals surface area (Å²) < 4.78 is 167. The minimum Gasteiger partial charge on any atom is -0.432 e. The molecule has 65 heteroatoms. The average molecular weight is 2070 g/mol. The third-order valence-electron chi connectivity index (χ3n) is 20.5. The lowest BCUT2D eigenvalue weighted by atomic mass is 10.1. The van der Waals surface area contributed by atoms with Gasteiger partial charge in [-0.3, -0.25) is 83.9 Å². The second-order valence-corrected chi connectivity index (χ2v) is 42.6. The summed E-state index contributed by atoms with van der Waals surface area (Å²) in [5.41, 5.74) is 15.7. The van der Waals surface area contributed by atoms with Crippen LogP contribution in [0.4, 0.5) is 31.7 Å². The second-order valence-electron chi connectivity index (χ2n) is 30.9. The van der Waals surface area contributed by atoms with Crippen LogP contribution in [0.3, 0.4) is 0 Å². The zero-order chi connectivity index (χ0) is 99.5. The second kappa shape index (κ2) is 46.1. The van der Waals surface area contributed by atoms with E-state index in [1.165, 1.54) is 79.1 Å². The molecule has 0 aromatic carbocycles. The number of aliphatic hydroxyl groups is 6. The number of nitrogens with two attached hydrogens (primary N) is 3. The molecule has 0 aliphatic carbocycles. The Morgan fingerprint density at radius 3 is 1.00 bits per heavy atom. The van der Waals surface area contributed by atoms with Gasteiger partial charge in [-0.25, -0.2) is 82.3 Å². The van der Waals surface area contributed by atoms with Crippen LogP contribution in [0, 0.1) is 0 Å². The number of hydrogen-bond donors (Lipinski definition) is 12.